The third-order valence-corrected chi connectivity index (χ3v) is 3.27. The summed E-state index contributed by atoms with van der Waals surface area (Å²) in [5.74, 6) is 0.110. The largest absolute Gasteiger partial charge is 0.206 e. The molecule has 2 aliphatic carbocycles. The number of aryl methyl sites for hydroxylation is 2. The van der Waals surface area contributed by atoms with E-state index in [9.17, 15) is 4.39 Å². The van der Waals surface area contributed by atoms with E-state index in [-0.39, 0.29) is 5.82 Å². The summed E-state index contributed by atoms with van der Waals surface area (Å²) in [4.78, 5) is 0. The molecule has 0 saturated carbocycles. The van der Waals surface area contributed by atoms with Gasteiger partial charge in [0.15, 0.2) is 0 Å². The quantitative estimate of drug-likeness (QED) is 0.568. The summed E-state index contributed by atoms with van der Waals surface area (Å²) in [5, 5.41) is 0. The zero-order chi connectivity index (χ0) is 8.84. The predicted molar refractivity (Wildman–Crippen MR) is 49.3 cm³/mol. The summed E-state index contributed by atoms with van der Waals surface area (Å²) in [6.07, 6.45) is 6.19. The van der Waals surface area contributed by atoms with Gasteiger partial charge in [0.1, 0.15) is 5.82 Å². The standard InChI is InChI=1S/C12H12F/c13-12-10-5-1-3-8(10)7-9-4-2-6-11(9)12/h1-6H2. The van der Waals surface area contributed by atoms with Crippen molar-refractivity contribution in [3.05, 3.63) is 34.1 Å². The maximum Gasteiger partial charge on any atom is 0.130 e. The SMILES string of the molecule is Fc1c2c([c]c3c1CCC3)CCC2. The van der Waals surface area contributed by atoms with E-state index in [4.69, 9.17) is 0 Å². The molecule has 1 heteroatoms. The van der Waals surface area contributed by atoms with Crippen LogP contribution in [0.3, 0.4) is 0 Å². The van der Waals surface area contributed by atoms with E-state index < -0.39 is 0 Å². The highest BCUT2D eigenvalue weighted by Gasteiger charge is 2.23. The highest BCUT2D eigenvalue weighted by atomic mass is 19.1. The Kier molecular flexibility index (Phi) is 1.49. The van der Waals surface area contributed by atoms with Crippen molar-refractivity contribution in [3.63, 3.8) is 0 Å². The van der Waals surface area contributed by atoms with E-state index in [2.05, 4.69) is 6.07 Å². The minimum atomic E-state index is 0.110. The van der Waals surface area contributed by atoms with Gasteiger partial charge in [0.05, 0.1) is 0 Å². The van der Waals surface area contributed by atoms with Gasteiger partial charge in [-0.2, -0.15) is 0 Å². The van der Waals surface area contributed by atoms with E-state index in [0.29, 0.717) is 0 Å². The third kappa shape index (κ3) is 0.962. The molecular weight excluding hydrogens is 163 g/mol. The van der Waals surface area contributed by atoms with Gasteiger partial charge in [-0.3, -0.25) is 0 Å². The van der Waals surface area contributed by atoms with E-state index in [1.54, 1.807) is 0 Å². The first-order chi connectivity index (χ1) is 6.36. The number of hydrogen-bond acceptors (Lipinski definition) is 0. The molecule has 0 unspecified atom stereocenters. The molecule has 0 amide bonds. The molecule has 13 heavy (non-hydrogen) atoms. The van der Waals surface area contributed by atoms with Crippen LogP contribution in [0.25, 0.3) is 0 Å². The molecule has 2 aliphatic rings. The summed E-state index contributed by atoms with van der Waals surface area (Å²) in [5.41, 5.74) is 4.28. The minimum Gasteiger partial charge on any atom is -0.206 e. The molecule has 1 radical (unpaired) electrons. The Hall–Kier alpha value is -0.850. The third-order valence-electron chi connectivity index (χ3n) is 3.27. The monoisotopic (exact) mass is 175 g/mol. The number of halogens is 1. The van der Waals surface area contributed by atoms with Gasteiger partial charge in [-0.15, -0.1) is 0 Å². The van der Waals surface area contributed by atoms with Gasteiger partial charge >= 0.3 is 0 Å². The molecule has 0 aromatic heterocycles. The van der Waals surface area contributed by atoms with E-state index >= 15 is 0 Å². The number of fused-ring (bicyclic) bond motifs is 2. The normalized spacial score (nSPS) is 18.8. The number of benzene rings is 1. The fourth-order valence-corrected chi connectivity index (χ4v) is 2.61. The summed E-state index contributed by atoms with van der Waals surface area (Å²) in [6, 6.07) is 3.41. The topological polar surface area (TPSA) is 0 Å². The molecular formula is C12H12F. The molecule has 0 saturated heterocycles. The molecule has 3 rings (SSSR count). The van der Waals surface area contributed by atoms with Crippen molar-refractivity contribution in [3.8, 4) is 0 Å². The fraction of sp³-hybridized carbons (Fsp3) is 0.500. The molecule has 0 spiro atoms. The van der Waals surface area contributed by atoms with E-state index in [1.807, 2.05) is 0 Å². The second kappa shape index (κ2) is 2.57. The van der Waals surface area contributed by atoms with E-state index in [1.165, 1.54) is 0 Å². The predicted octanol–water partition coefficient (Wildman–Crippen LogP) is 2.60. The van der Waals surface area contributed by atoms with Crippen molar-refractivity contribution in [1.29, 1.82) is 0 Å². The molecule has 0 heterocycles. The van der Waals surface area contributed by atoms with Gasteiger partial charge in [-0.05, 0) is 66.8 Å². The Morgan fingerprint density at radius 2 is 1.38 bits per heavy atom. The maximum absolute atomic E-state index is 13.9. The highest BCUT2D eigenvalue weighted by molar-refractivity contribution is 5.43. The van der Waals surface area contributed by atoms with Crippen LogP contribution in [-0.4, -0.2) is 0 Å². The highest BCUT2D eigenvalue weighted by Crippen LogP contribution is 2.33. The van der Waals surface area contributed by atoms with Crippen LogP contribution in [0.15, 0.2) is 0 Å². The molecule has 0 atom stereocenters. The molecule has 1 aromatic rings. The van der Waals surface area contributed by atoms with Crippen molar-refractivity contribution < 1.29 is 4.39 Å². The second-order valence-electron chi connectivity index (χ2n) is 4.06. The van der Waals surface area contributed by atoms with Crippen molar-refractivity contribution >= 4 is 0 Å². The first kappa shape index (κ1) is 7.54. The first-order valence-electron chi connectivity index (χ1n) is 5.10. The van der Waals surface area contributed by atoms with Crippen LogP contribution >= 0.6 is 0 Å². The smallest absolute Gasteiger partial charge is 0.130 e. The lowest BCUT2D eigenvalue weighted by molar-refractivity contribution is 0.598. The number of hydrogen-bond donors (Lipinski definition) is 0. The van der Waals surface area contributed by atoms with Gasteiger partial charge in [-0.25, -0.2) is 4.39 Å². The van der Waals surface area contributed by atoms with Crippen molar-refractivity contribution in [2.45, 2.75) is 38.5 Å². The Labute approximate surface area is 77.8 Å². The van der Waals surface area contributed by atoms with Crippen LogP contribution in [0.5, 0.6) is 0 Å². The fourth-order valence-electron chi connectivity index (χ4n) is 2.61. The van der Waals surface area contributed by atoms with Crippen LogP contribution in [0.2, 0.25) is 0 Å². The number of rotatable bonds is 0. The van der Waals surface area contributed by atoms with E-state index in [0.717, 1.165) is 60.8 Å². The average molecular weight is 175 g/mol. The Bertz CT molecular complexity index is 334. The summed E-state index contributed by atoms with van der Waals surface area (Å²) < 4.78 is 13.9. The Morgan fingerprint density at radius 3 is 1.92 bits per heavy atom. The maximum atomic E-state index is 13.9. The zero-order valence-electron chi connectivity index (χ0n) is 7.62. The molecule has 67 valence electrons. The van der Waals surface area contributed by atoms with Crippen molar-refractivity contribution in [2.24, 2.45) is 0 Å². The molecule has 0 nitrogen and oxygen atoms in total. The summed E-state index contributed by atoms with van der Waals surface area (Å²) in [7, 11) is 0. The van der Waals surface area contributed by atoms with Gasteiger partial charge in [-0.1, -0.05) is 0 Å². The van der Waals surface area contributed by atoms with Crippen LogP contribution < -0.4 is 0 Å². The van der Waals surface area contributed by atoms with Crippen molar-refractivity contribution in [1.82, 2.24) is 0 Å². The van der Waals surface area contributed by atoms with Crippen LogP contribution in [0, 0.1) is 11.9 Å². The zero-order valence-corrected chi connectivity index (χ0v) is 7.62. The second-order valence-corrected chi connectivity index (χ2v) is 4.06. The summed E-state index contributed by atoms with van der Waals surface area (Å²) >= 11 is 0. The lowest BCUT2D eigenvalue weighted by Gasteiger charge is -2.06. The summed E-state index contributed by atoms with van der Waals surface area (Å²) in [6.45, 7) is 0. The molecule has 0 fully saturated rings. The molecule has 0 bridgehead atoms. The Balaban J connectivity index is 2.26. The van der Waals surface area contributed by atoms with Crippen LogP contribution in [0.4, 0.5) is 4.39 Å². The first-order valence-corrected chi connectivity index (χ1v) is 5.10. The molecule has 0 aliphatic heterocycles. The lowest BCUT2D eigenvalue weighted by atomic mass is 10.0. The molecule has 0 N–H and O–H groups in total. The van der Waals surface area contributed by atoms with Gasteiger partial charge in [0.25, 0.3) is 0 Å². The Morgan fingerprint density at radius 1 is 0.846 bits per heavy atom. The van der Waals surface area contributed by atoms with Crippen LogP contribution in [0.1, 0.15) is 35.1 Å². The van der Waals surface area contributed by atoms with Crippen molar-refractivity contribution in [2.75, 3.05) is 0 Å². The lowest BCUT2D eigenvalue weighted by Crippen LogP contribution is -1.97. The van der Waals surface area contributed by atoms with Gasteiger partial charge in [0.2, 0.25) is 0 Å². The average Bonchev–Trinajstić information content (AvgIpc) is 2.71. The molecule has 1 aromatic carbocycles. The van der Waals surface area contributed by atoms with Gasteiger partial charge in [0, 0.05) is 0 Å². The van der Waals surface area contributed by atoms with Crippen LogP contribution in [-0.2, 0) is 25.7 Å². The van der Waals surface area contributed by atoms with Gasteiger partial charge < -0.3 is 0 Å². The minimum absolute atomic E-state index is 0.110.